The van der Waals surface area contributed by atoms with Crippen LogP contribution in [-0.2, 0) is 0 Å². The van der Waals surface area contributed by atoms with E-state index in [4.69, 9.17) is 23.1 Å². The second-order valence-corrected chi connectivity index (χ2v) is 2.64. The van der Waals surface area contributed by atoms with Crippen molar-refractivity contribution in [2.45, 2.75) is 6.04 Å². The molecule has 0 fully saturated rings. The standard InChI is InChI=1S/C7H10ClN3.ClH/c8-7-2-1-5(4-11-7)6(10)3-9;/h1-2,4,6H,3,9-10H2;1H/t6-;/m1./s1. The van der Waals surface area contributed by atoms with Crippen LogP contribution in [0.15, 0.2) is 18.3 Å². The number of hydrogen-bond acceptors (Lipinski definition) is 3. The maximum Gasteiger partial charge on any atom is 0.129 e. The van der Waals surface area contributed by atoms with Gasteiger partial charge in [-0.2, -0.15) is 0 Å². The predicted molar refractivity (Wildman–Crippen MR) is 52.5 cm³/mol. The molecule has 1 rings (SSSR count). The highest BCUT2D eigenvalue weighted by Gasteiger charge is 2.02. The zero-order valence-corrected chi connectivity index (χ0v) is 7.98. The molecule has 0 aliphatic carbocycles. The van der Waals surface area contributed by atoms with Gasteiger partial charge in [0, 0.05) is 18.8 Å². The first-order valence-electron chi connectivity index (χ1n) is 3.31. The summed E-state index contributed by atoms with van der Waals surface area (Å²) in [5, 5.41) is 0.470. The molecular formula is C7H11Cl2N3. The van der Waals surface area contributed by atoms with Gasteiger partial charge in [0.1, 0.15) is 5.15 Å². The second kappa shape index (κ2) is 5.32. The van der Waals surface area contributed by atoms with Crippen LogP contribution in [0.5, 0.6) is 0 Å². The smallest absolute Gasteiger partial charge is 0.129 e. The predicted octanol–water partition coefficient (Wildman–Crippen LogP) is 1.12. The highest BCUT2D eigenvalue weighted by atomic mass is 35.5. The van der Waals surface area contributed by atoms with Crippen LogP contribution in [0.25, 0.3) is 0 Å². The van der Waals surface area contributed by atoms with E-state index in [0.717, 1.165) is 5.56 Å². The topological polar surface area (TPSA) is 64.9 Å². The fourth-order valence-corrected chi connectivity index (χ4v) is 0.854. The molecule has 1 aromatic rings. The Labute approximate surface area is 82.5 Å². The molecule has 0 aliphatic rings. The van der Waals surface area contributed by atoms with Crippen LogP contribution in [0.1, 0.15) is 11.6 Å². The molecule has 1 aromatic heterocycles. The summed E-state index contributed by atoms with van der Waals surface area (Å²) in [5.41, 5.74) is 11.9. The Morgan fingerprint density at radius 2 is 2.17 bits per heavy atom. The van der Waals surface area contributed by atoms with Crippen molar-refractivity contribution >= 4 is 24.0 Å². The third-order valence-corrected chi connectivity index (χ3v) is 1.66. The Morgan fingerprint density at radius 3 is 2.58 bits per heavy atom. The molecular weight excluding hydrogens is 197 g/mol. The Bertz CT molecular complexity index is 225. The van der Waals surface area contributed by atoms with Crippen molar-refractivity contribution in [3.05, 3.63) is 29.0 Å². The van der Waals surface area contributed by atoms with Gasteiger partial charge in [-0.25, -0.2) is 4.98 Å². The van der Waals surface area contributed by atoms with Gasteiger partial charge in [0.15, 0.2) is 0 Å². The molecule has 0 radical (unpaired) electrons. The van der Waals surface area contributed by atoms with Gasteiger partial charge in [0.05, 0.1) is 0 Å². The number of rotatable bonds is 2. The molecule has 0 aromatic carbocycles. The summed E-state index contributed by atoms with van der Waals surface area (Å²) < 4.78 is 0. The van der Waals surface area contributed by atoms with Crippen LogP contribution < -0.4 is 11.5 Å². The average molecular weight is 208 g/mol. The van der Waals surface area contributed by atoms with Gasteiger partial charge in [-0.05, 0) is 11.6 Å². The monoisotopic (exact) mass is 207 g/mol. The van der Waals surface area contributed by atoms with E-state index in [2.05, 4.69) is 4.98 Å². The fraction of sp³-hybridized carbons (Fsp3) is 0.286. The van der Waals surface area contributed by atoms with E-state index in [1.807, 2.05) is 6.07 Å². The fourth-order valence-electron chi connectivity index (χ4n) is 0.743. The van der Waals surface area contributed by atoms with Crippen LogP contribution >= 0.6 is 24.0 Å². The van der Waals surface area contributed by atoms with E-state index in [1.165, 1.54) is 0 Å². The lowest BCUT2D eigenvalue weighted by Gasteiger charge is -2.07. The Hall–Kier alpha value is -0.350. The number of nitrogens with zero attached hydrogens (tertiary/aromatic N) is 1. The number of pyridine rings is 1. The van der Waals surface area contributed by atoms with Crippen LogP contribution in [0.2, 0.25) is 5.15 Å². The van der Waals surface area contributed by atoms with Gasteiger partial charge >= 0.3 is 0 Å². The van der Waals surface area contributed by atoms with E-state index in [0.29, 0.717) is 11.7 Å². The van der Waals surface area contributed by atoms with E-state index in [1.54, 1.807) is 12.3 Å². The van der Waals surface area contributed by atoms with Crippen molar-refractivity contribution in [3.8, 4) is 0 Å². The van der Waals surface area contributed by atoms with Crippen LogP contribution in [-0.4, -0.2) is 11.5 Å². The minimum Gasteiger partial charge on any atom is -0.329 e. The number of aromatic nitrogens is 1. The normalized spacial score (nSPS) is 11.9. The molecule has 5 heteroatoms. The van der Waals surface area contributed by atoms with Gasteiger partial charge in [0.25, 0.3) is 0 Å². The molecule has 0 amide bonds. The first kappa shape index (κ1) is 11.6. The van der Waals surface area contributed by atoms with Gasteiger partial charge in [0.2, 0.25) is 0 Å². The molecule has 0 unspecified atom stereocenters. The molecule has 12 heavy (non-hydrogen) atoms. The lowest BCUT2D eigenvalue weighted by Crippen LogP contribution is -2.20. The quantitative estimate of drug-likeness (QED) is 0.715. The highest BCUT2D eigenvalue weighted by molar-refractivity contribution is 6.29. The minimum atomic E-state index is -0.139. The van der Waals surface area contributed by atoms with Crippen molar-refractivity contribution in [2.75, 3.05) is 6.54 Å². The van der Waals surface area contributed by atoms with Gasteiger partial charge in [-0.3, -0.25) is 0 Å². The highest BCUT2D eigenvalue weighted by Crippen LogP contribution is 2.10. The molecule has 1 atom stereocenters. The number of hydrogen-bond donors (Lipinski definition) is 2. The van der Waals surface area contributed by atoms with Gasteiger partial charge < -0.3 is 11.5 Å². The molecule has 68 valence electrons. The van der Waals surface area contributed by atoms with Crippen LogP contribution in [0, 0.1) is 0 Å². The van der Waals surface area contributed by atoms with Crippen molar-refractivity contribution in [1.29, 1.82) is 0 Å². The third-order valence-electron chi connectivity index (χ3n) is 1.43. The molecule has 0 saturated heterocycles. The summed E-state index contributed by atoms with van der Waals surface area (Å²) >= 11 is 5.58. The maximum atomic E-state index is 5.64. The Morgan fingerprint density at radius 1 is 1.50 bits per heavy atom. The number of halogens is 2. The van der Waals surface area contributed by atoms with Crippen LogP contribution in [0.3, 0.4) is 0 Å². The molecule has 1 heterocycles. The summed E-state index contributed by atoms with van der Waals surface area (Å²) in [4.78, 5) is 3.88. The summed E-state index contributed by atoms with van der Waals surface area (Å²) in [6.45, 7) is 0.420. The van der Waals surface area contributed by atoms with Crippen molar-refractivity contribution in [1.82, 2.24) is 4.98 Å². The zero-order valence-electron chi connectivity index (χ0n) is 6.40. The Kier molecular flexibility index (Phi) is 5.17. The largest absolute Gasteiger partial charge is 0.329 e. The first-order chi connectivity index (χ1) is 5.24. The molecule has 3 nitrogen and oxygen atoms in total. The molecule has 0 bridgehead atoms. The Balaban J connectivity index is 0.00000121. The minimum absolute atomic E-state index is 0. The molecule has 0 saturated carbocycles. The third kappa shape index (κ3) is 2.95. The van der Waals surface area contributed by atoms with Crippen LogP contribution in [0.4, 0.5) is 0 Å². The van der Waals surface area contributed by atoms with E-state index < -0.39 is 0 Å². The average Bonchev–Trinajstić information content (AvgIpc) is 2.05. The lowest BCUT2D eigenvalue weighted by molar-refractivity contribution is 0.733. The summed E-state index contributed by atoms with van der Waals surface area (Å²) in [6.07, 6.45) is 1.64. The van der Waals surface area contributed by atoms with Gasteiger partial charge in [-0.15, -0.1) is 12.4 Å². The molecule has 0 aliphatic heterocycles. The molecule has 0 spiro atoms. The van der Waals surface area contributed by atoms with E-state index in [-0.39, 0.29) is 18.4 Å². The first-order valence-corrected chi connectivity index (χ1v) is 3.69. The maximum absolute atomic E-state index is 5.64. The second-order valence-electron chi connectivity index (χ2n) is 2.26. The number of nitrogens with two attached hydrogens (primary N) is 2. The summed E-state index contributed by atoms with van der Waals surface area (Å²) in [5.74, 6) is 0. The van der Waals surface area contributed by atoms with Crippen molar-refractivity contribution in [2.24, 2.45) is 11.5 Å². The van der Waals surface area contributed by atoms with E-state index in [9.17, 15) is 0 Å². The molecule has 4 N–H and O–H groups in total. The lowest BCUT2D eigenvalue weighted by atomic mass is 10.1. The van der Waals surface area contributed by atoms with Crippen molar-refractivity contribution in [3.63, 3.8) is 0 Å². The summed E-state index contributed by atoms with van der Waals surface area (Å²) in [7, 11) is 0. The SMILES string of the molecule is Cl.NC[C@@H](N)c1ccc(Cl)nc1. The van der Waals surface area contributed by atoms with E-state index >= 15 is 0 Å². The zero-order chi connectivity index (χ0) is 8.27. The van der Waals surface area contributed by atoms with Gasteiger partial charge in [-0.1, -0.05) is 17.7 Å². The summed E-state index contributed by atoms with van der Waals surface area (Å²) in [6, 6.07) is 3.39. The van der Waals surface area contributed by atoms with Crippen molar-refractivity contribution < 1.29 is 0 Å².